The molecular formula is C14H11Cl2N3O2. The first kappa shape index (κ1) is 15.2. The van der Waals surface area contributed by atoms with Gasteiger partial charge < -0.3 is 16.8 Å². The zero-order valence-electron chi connectivity index (χ0n) is 10.7. The van der Waals surface area contributed by atoms with Crippen LogP contribution in [0.4, 0.5) is 11.4 Å². The van der Waals surface area contributed by atoms with E-state index in [-0.39, 0.29) is 21.3 Å². The van der Waals surface area contributed by atoms with Gasteiger partial charge in [-0.05, 0) is 36.4 Å². The van der Waals surface area contributed by atoms with E-state index in [1.807, 2.05) is 0 Å². The molecule has 0 radical (unpaired) electrons. The Morgan fingerprint density at radius 2 is 1.62 bits per heavy atom. The molecule has 2 aromatic carbocycles. The standard InChI is InChI=1S/C14H11Cl2N3O2/c15-9-3-1-7(13(18)20)6-12(9)19-14(21)8-2-4-11(17)10(16)5-8/h1-6H,17H2,(H2,18,20)(H,19,21). The third-order valence-electron chi connectivity index (χ3n) is 2.76. The van der Waals surface area contributed by atoms with Crippen molar-refractivity contribution in [3.63, 3.8) is 0 Å². The second-order valence-electron chi connectivity index (χ2n) is 4.25. The number of carbonyl (C=O) groups excluding carboxylic acids is 2. The Balaban J connectivity index is 2.28. The molecule has 2 aromatic rings. The topological polar surface area (TPSA) is 98.2 Å². The number of nitrogen functional groups attached to an aromatic ring is 1. The van der Waals surface area contributed by atoms with Crippen LogP contribution in [-0.4, -0.2) is 11.8 Å². The molecule has 108 valence electrons. The molecule has 0 aliphatic heterocycles. The Kier molecular flexibility index (Phi) is 4.35. The van der Waals surface area contributed by atoms with Gasteiger partial charge in [0.15, 0.2) is 0 Å². The molecule has 5 nitrogen and oxygen atoms in total. The highest BCUT2D eigenvalue weighted by Crippen LogP contribution is 2.25. The van der Waals surface area contributed by atoms with Crippen LogP contribution in [0.5, 0.6) is 0 Å². The number of carbonyl (C=O) groups is 2. The molecule has 0 spiro atoms. The zero-order valence-corrected chi connectivity index (χ0v) is 12.2. The minimum absolute atomic E-state index is 0.241. The van der Waals surface area contributed by atoms with Crippen molar-refractivity contribution in [2.24, 2.45) is 5.73 Å². The highest BCUT2D eigenvalue weighted by atomic mass is 35.5. The quantitative estimate of drug-likeness (QED) is 0.757. The van der Waals surface area contributed by atoms with E-state index in [9.17, 15) is 9.59 Å². The van der Waals surface area contributed by atoms with Gasteiger partial charge in [-0.1, -0.05) is 23.2 Å². The minimum Gasteiger partial charge on any atom is -0.398 e. The molecule has 0 atom stereocenters. The molecule has 21 heavy (non-hydrogen) atoms. The minimum atomic E-state index is -0.613. The second kappa shape index (κ2) is 6.03. The number of rotatable bonds is 3. The van der Waals surface area contributed by atoms with Gasteiger partial charge in [0.1, 0.15) is 0 Å². The van der Waals surface area contributed by atoms with E-state index in [4.69, 9.17) is 34.7 Å². The van der Waals surface area contributed by atoms with Crippen LogP contribution in [-0.2, 0) is 0 Å². The number of anilines is 2. The molecule has 0 saturated heterocycles. The first-order chi connectivity index (χ1) is 9.88. The predicted molar refractivity (Wildman–Crippen MR) is 83.8 cm³/mol. The fourth-order valence-corrected chi connectivity index (χ4v) is 1.98. The van der Waals surface area contributed by atoms with Gasteiger partial charge in [-0.3, -0.25) is 9.59 Å². The first-order valence-corrected chi connectivity index (χ1v) is 6.60. The molecule has 2 rings (SSSR count). The molecule has 0 saturated carbocycles. The first-order valence-electron chi connectivity index (χ1n) is 5.84. The zero-order chi connectivity index (χ0) is 15.6. The summed E-state index contributed by atoms with van der Waals surface area (Å²) in [4.78, 5) is 23.3. The van der Waals surface area contributed by atoms with Gasteiger partial charge >= 0.3 is 0 Å². The number of halogens is 2. The van der Waals surface area contributed by atoms with E-state index >= 15 is 0 Å². The number of nitrogens with two attached hydrogens (primary N) is 2. The largest absolute Gasteiger partial charge is 0.398 e. The van der Waals surface area contributed by atoms with Crippen LogP contribution in [0.25, 0.3) is 0 Å². The van der Waals surface area contributed by atoms with Crippen LogP contribution >= 0.6 is 23.2 Å². The van der Waals surface area contributed by atoms with Crippen LogP contribution in [0, 0.1) is 0 Å². The molecule has 0 aromatic heterocycles. The van der Waals surface area contributed by atoms with Crippen LogP contribution in [0.3, 0.4) is 0 Å². The molecule has 5 N–H and O–H groups in total. The second-order valence-corrected chi connectivity index (χ2v) is 5.06. The summed E-state index contributed by atoms with van der Waals surface area (Å²) in [6.07, 6.45) is 0. The number of hydrogen-bond donors (Lipinski definition) is 3. The lowest BCUT2D eigenvalue weighted by Gasteiger charge is -2.09. The van der Waals surface area contributed by atoms with Gasteiger partial charge in [0.2, 0.25) is 5.91 Å². The van der Waals surface area contributed by atoms with Gasteiger partial charge in [-0.2, -0.15) is 0 Å². The van der Waals surface area contributed by atoms with Crippen molar-refractivity contribution in [1.82, 2.24) is 0 Å². The summed E-state index contributed by atoms with van der Waals surface area (Å²) in [6.45, 7) is 0. The van der Waals surface area contributed by atoms with Gasteiger partial charge in [0.05, 0.1) is 21.4 Å². The number of benzene rings is 2. The average molecular weight is 324 g/mol. The molecule has 0 aliphatic rings. The van der Waals surface area contributed by atoms with E-state index in [2.05, 4.69) is 5.32 Å². The summed E-state index contributed by atoms with van der Waals surface area (Å²) in [5.74, 6) is -1.04. The molecule has 0 bridgehead atoms. The Bertz CT molecular complexity index is 732. The third kappa shape index (κ3) is 3.45. The van der Waals surface area contributed by atoms with Crippen molar-refractivity contribution < 1.29 is 9.59 Å². The van der Waals surface area contributed by atoms with Crippen molar-refractivity contribution in [2.45, 2.75) is 0 Å². The maximum absolute atomic E-state index is 12.1. The van der Waals surface area contributed by atoms with Crippen molar-refractivity contribution in [3.8, 4) is 0 Å². The van der Waals surface area contributed by atoms with Gasteiger partial charge in [-0.25, -0.2) is 0 Å². The lowest BCUT2D eigenvalue weighted by Crippen LogP contribution is -2.15. The molecule has 2 amide bonds. The fourth-order valence-electron chi connectivity index (χ4n) is 1.64. The van der Waals surface area contributed by atoms with Gasteiger partial charge in [0, 0.05) is 11.1 Å². The Morgan fingerprint density at radius 1 is 0.952 bits per heavy atom. The van der Waals surface area contributed by atoms with E-state index < -0.39 is 11.8 Å². The summed E-state index contributed by atoms with van der Waals surface area (Å²) in [5, 5.41) is 3.15. The van der Waals surface area contributed by atoms with Crippen LogP contribution in [0.2, 0.25) is 10.0 Å². The van der Waals surface area contributed by atoms with Crippen molar-refractivity contribution in [2.75, 3.05) is 11.1 Å². The lowest BCUT2D eigenvalue weighted by molar-refractivity contribution is 0.0996. The van der Waals surface area contributed by atoms with Crippen LogP contribution < -0.4 is 16.8 Å². The van der Waals surface area contributed by atoms with Crippen LogP contribution in [0.1, 0.15) is 20.7 Å². The number of hydrogen-bond acceptors (Lipinski definition) is 3. The molecule has 0 aliphatic carbocycles. The molecule has 0 unspecified atom stereocenters. The van der Waals surface area contributed by atoms with E-state index in [0.29, 0.717) is 11.3 Å². The van der Waals surface area contributed by atoms with Gasteiger partial charge in [0.25, 0.3) is 5.91 Å². The smallest absolute Gasteiger partial charge is 0.255 e. The summed E-state index contributed by atoms with van der Waals surface area (Å²) >= 11 is 11.8. The third-order valence-corrected chi connectivity index (χ3v) is 3.42. The number of nitrogens with one attached hydrogen (secondary N) is 1. The average Bonchev–Trinajstić information content (AvgIpc) is 2.43. The summed E-state index contributed by atoms with van der Waals surface area (Å²) in [6, 6.07) is 8.86. The Morgan fingerprint density at radius 3 is 2.24 bits per heavy atom. The SMILES string of the molecule is NC(=O)c1ccc(Cl)c(NC(=O)c2ccc(N)c(Cl)c2)c1. The summed E-state index contributed by atoms with van der Waals surface area (Å²) < 4.78 is 0. The van der Waals surface area contributed by atoms with Crippen molar-refractivity contribution >= 4 is 46.4 Å². The fraction of sp³-hybridized carbons (Fsp3) is 0. The van der Waals surface area contributed by atoms with Gasteiger partial charge in [-0.15, -0.1) is 0 Å². The van der Waals surface area contributed by atoms with Crippen molar-refractivity contribution in [3.05, 3.63) is 57.6 Å². The maximum Gasteiger partial charge on any atom is 0.255 e. The van der Waals surface area contributed by atoms with E-state index in [1.165, 1.54) is 36.4 Å². The summed E-state index contributed by atoms with van der Waals surface area (Å²) in [5.41, 5.74) is 12.0. The molecular weight excluding hydrogens is 313 g/mol. The predicted octanol–water partition coefficient (Wildman–Crippen LogP) is 2.93. The lowest BCUT2D eigenvalue weighted by atomic mass is 10.1. The highest BCUT2D eigenvalue weighted by molar-refractivity contribution is 6.34. The Labute approximate surface area is 130 Å². The van der Waals surface area contributed by atoms with E-state index in [1.54, 1.807) is 0 Å². The normalized spacial score (nSPS) is 10.2. The number of amides is 2. The molecule has 7 heteroatoms. The Hall–Kier alpha value is -2.24. The highest BCUT2D eigenvalue weighted by Gasteiger charge is 2.12. The maximum atomic E-state index is 12.1. The summed E-state index contributed by atoms with van der Waals surface area (Å²) in [7, 11) is 0. The van der Waals surface area contributed by atoms with E-state index in [0.717, 1.165) is 0 Å². The number of primary amides is 1. The van der Waals surface area contributed by atoms with Crippen LogP contribution in [0.15, 0.2) is 36.4 Å². The molecule has 0 heterocycles. The monoisotopic (exact) mass is 323 g/mol. The molecule has 0 fully saturated rings. The van der Waals surface area contributed by atoms with Crippen molar-refractivity contribution in [1.29, 1.82) is 0 Å².